The maximum Gasteiger partial charge on any atom is 0.302 e. The number of ketones is 1. The minimum Gasteiger partial charge on any atom is -0.462 e. The highest BCUT2D eigenvalue weighted by Crippen LogP contribution is 2.65. The van der Waals surface area contributed by atoms with Crippen LogP contribution in [0.15, 0.2) is 29.8 Å². The number of hydrogen-bond acceptors (Lipinski definition) is 4. The maximum atomic E-state index is 13.3. The molecule has 0 bridgehead atoms. The van der Waals surface area contributed by atoms with E-state index < -0.39 is 0 Å². The number of carbonyl (C=O) groups excluding carboxylic acids is 3. The van der Waals surface area contributed by atoms with Crippen molar-refractivity contribution in [3.63, 3.8) is 0 Å². The summed E-state index contributed by atoms with van der Waals surface area (Å²) in [5.41, 5.74) is 1.76. The molecule has 1 aromatic carbocycles. The molecule has 3 saturated carbocycles. The Labute approximate surface area is 223 Å². The van der Waals surface area contributed by atoms with Crippen molar-refractivity contribution in [3.8, 4) is 0 Å². The third-order valence-corrected chi connectivity index (χ3v) is 10.9. The summed E-state index contributed by atoms with van der Waals surface area (Å²) in [6.45, 7) is 6.47. The van der Waals surface area contributed by atoms with E-state index >= 15 is 0 Å². The minimum absolute atomic E-state index is 0.0127. The molecule has 0 aromatic heterocycles. The predicted molar refractivity (Wildman–Crippen MR) is 140 cm³/mol. The van der Waals surface area contributed by atoms with E-state index in [9.17, 15) is 14.4 Å². The molecule has 0 saturated heterocycles. The molecule has 1 aromatic rings. The Morgan fingerprint density at radius 1 is 1.11 bits per heavy atom. The third-order valence-electron chi connectivity index (χ3n) is 10.1. The number of amides is 1. The zero-order valence-corrected chi connectivity index (χ0v) is 22.8. The van der Waals surface area contributed by atoms with Gasteiger partial charge in [-0.15, -0.1) is 0 Å². The van der Waals surface area contributed by atoms with E-state index in [4.69, 9.17) is 27.9 Å². The molecule has 194 valence electrons. The van der Waals surface area contributed by atoms with Gasteiger partial charge in [-0.1, -0.05) is 54.8 Å². The molecule has 1 N–H and O–H groups in total. The number of Topliss-reactive ketones (excluding diaryl/α,β-unsaturated/α-hetero) is 1. The van der Waals surface area contributed by atoms with Gasteiger partial charge in [0, 0.05) is 32.2 Å². The van der Waals surface area contributed by atoms with Crippen molar-refractivity contribution in [2.75, 3.05) is 6.54 Å². The molecule has 0 aliphatic heterocycles. The van der Waals surface area contributed by atoms with Gasteiger partial charge in [0.2, 0.25) is 0 Å². The summed E-state index contributed by atoms with van der Waals surface area (Å²) >= 11 is 12.3. The van der Waals surface area contributed by atoms with Crippen molar-refractivity contribution in [1.82, 2.24) is 5.32 Å². The molecular weight excluding hydrogens is 497 g/mol. The fourth-order valence-electron chi connectivity index (χ4n) is 8.17. The van der Waals surface area contributed by atoms with Gasteiger partial charge in [0.25, 0.3) is 5.91 Å². The molecule has 7 heteroatoms. The highest BCUT2D eigenvalue weighted by atomic mass is 35.5. The maximum absolute atomic E-state index is 13.3. The summed E-state index contributed by atoms with van der Waals surface area (Å²) < 4.78 is 5.55. The van der Waals surface area contributed by atoms with E-state index in [1.165, 1.54) is 12.5 Å². The monoisotopic (exact) mass is 531 g/mol. The number of nitrogens with one attached hydrogen (secondary N) is 1. The van der Waals surface area contributed by atoms with Gasteiger partial charge in [0.05, 0.1) is 15.6 Å². The fourth-order valence-corrected chi connectivity index (χ4v) is 8.56. The number of halogens is 2. The lowest BCUT2D eigenvalue weighted by atomic mass is 9.47. The van der Waals surface area contributed by atoms with E-state index in [0.717, 1.165) is 38.5 Å². The molecule has 0 spiro atoms. The molecule has 5 nitrogen and oxygen atoms in total. The lowest BCUT2D eigenvalue weighted by Crippen LogP contribution is -2.51. The summed E-state index contributed by atoms with van der Waals surface area (Å²) in [6, 6.07) is 5.00. The summed E-state index contributed by atoms with van der Waals surface area (Å²) in [5, 5.41) is 3.56. The second-order valence-electron chi connectivity index (χ2n) is 11.8. The van der Waals surface area contributed by atoms with Gasteiger partial charge in [-0.05, 0) is 72.8 Å². The van der Waals surface area contributed by atoms with Crippen LogP contribution in [-0.4, -0.2) is 30.3 Å². The van der Waals surface area contributed by atoms with Crippen LogP contribution < -0.4 is 5.32 Å². The Balaban J connectivity index is 1.32. The molecule has 0 unspecified atom stereocenters. The van der Waals surface area contributed by atoms with Gasteiger partial charge in [-0.2, -0.15) is 0 Å². The molecular formula is C29H35Cl2NO4. The fraction of sp³-hybridized carbons (Fsp3) is 0.621. The van der Waals surface area contributed by atoms with Crippen LogP contribution in [0.1, 0.15) is 76.1 Å². The van der Waals surface area contributed by atoms with E-state index in [1.54, 1.807) is 18.2 Å². The highest BCUT2D eigenvalue weighted by Gasteiger charge is 2.61. The van der Waals surface area contributed by atoms with Crippen LogP contribution in [0.4, 0.5) is 0 Å². The lowest BCUT2D eigenvalue weighted by Gasteiger charge is -2.57. The predicted octanol–water partition coefficient (Wildman–Crippen LogP) is 6.41. The molecule has 3 fully saturated rings. The summed E-state index contributed by atoms with van der Waals surface area (Å²) in [7, 11) is 0. The van der Waals surface area contributed by atoms with Gasteiger partial charge >= 0.3 is 5.97 Å². The van der Waals surface area contributed by atoms with E-state index in [2.05, 4.69) is 25.2 Å². The molecule has 1 amide bonds. The van der Waals surface area contributed by atoms with Gasteiger partial charge in [-0.25, -0.2) is 0 Å². The first-order valence-electron chi connectivity index (χ1n) is 13.2. The second kappa shape index (κ2) is 9.47. The highest BCUT2D eigenvalue weighted by molar-refractivity contribution is 6.43. The number of hydrogen-bond donors (Lipinski definition) is 1. The number of rotatable bonds is 4. The van der Waals surface area contributed by atoms with Crippen LogP contribution >= 0.6 is 23.2 Å². The number of fused-ring (bicyclic) bond motifs is 5. The first kappa shape index (κ1) is 25.8. The smallest absolute Gasteiger partial charge is 0.302 e. The Kier molecular flexibility index (Phi) is 6.78. The zero-order valence-electron chi connectivity index (χ0n) is 21.2. The van der Waals surface area contributed by atoms with Crippen LogP contribution in [0, 0.1) is 34.5 Å². The molecule has 7 atom stereocenters. The van der Waals surface area contributed by atoms with E-state index in [-0.39, 0.29) is 45.5 Å². The SMILES string of the molecule is CC(=O)O[C@H]1CC[C@@]2(C)C(=CC[C@H]3[C@@H]4CC(=O)[C@H](CNC(=O)c5cccc(Cl)c5Cl)[C@@]4(C)CC[C@@H]32)C1. The Morgan fingerprint density at radius 2 is 1.89 bits per heavy atom. The van der Waals surface area contributed by atoms with E-state index in [1.807, 2.05) is 0 Å². The molecule has 4 aliphatic carbocycles. The average molecular weight is 533 g/mol. The van der Waals surface area contributed by atoms with Gasteiger partial charge < -0.3 is 10.1 Å². The third kappa shape index (κ3) is 4.20. The largest absolute Gasteiger partial charge is 0.462 e. The normalized spacial score (nSPS) is 37.3. The first-order valence-corrected chi connectivity index (χ1v) is 13.9. The van der Waals surface area contributed by atoms with Crippen LogP contribution in [0.3, 0.4) is 0 Å². The lowest BCUT2D eigenvalue weighted by molar-refractivity contribution is -0.148. The minimum atomic E-state index is -0.293. The van der Waals surface area contributed by atoms with Crippen molar-refractivity contribution in [1.29, 1.82) is 0 Å². The van der Waals surface area contributed by atoms with Gasteiger partial charge in [-0.3, -0.25) is 14.4 Å². The van der Waals surface area contributed by atoms with Crippen molar-refractivity contribution in [2.24, 2.45) is 34.5 Å². The first-order chi connectivity index (χ1) is 17.0. The number of ether oxygens (including phenoxy) is 1. The topological polar surface area (TPSA) is 72.5 Å². The molecule has 5 rings (SSSR count). The van der Waals surface area contributed by atoms with E-state index in [0.29, 0.717) is 41.3 Å². The zero-order chi connectivity index (χ0) is 25.8. The number of esters is 1. The Hall–Kier alpha value is -1.85. The number of allylic oxidation sites excluding steroid dienone is 1. The Morgan fingerprint density at radius 3 is 2.64 bits per heavy atom. The Bertz CT molecular complexity index is 1130. The average Bonchev–Trinajstić information content (AvgIpc) is 3.08. The molecule has 0 radical (unpaired) electrons. The summed E-state index contributed by atoms with van der Waals surface area (Å²) in [5.74, 6) is 0.906. The quantitative estimate of drug-likeness (QED) is 0.359. The van der Waals surface area contributed by atoms with Crippen molar-refractivity contribution < 1.29 is 19.1 Å². The van der Waals surface area contributed by atoms with Crippen molar-refractivity contribution in [3.05, 3.63) is 45.5 Å². The van der Waals surface area contributed by atoms with Crippen molar-refractivity contribution in [2.45, 2.75) is 71.8 Å². The van der Waals surface area contributed by atoms with Crippen molar-refractivity contribution >= 4 is 40.9 Å². The summed E-state index contributed by atoms with van der Waals surface area (Å²) in [4.78, 5) is 37.7. The molecule has 4 aliphatic rings. The molecule has 0 heterocycles. The number of carbonyl (C=O) groups is 3. The standard InChI is InChI=1S/C29H35Cl2NO4/c1-16(33)36-18-9-11-28(2)17(13-18)7-8-19-21(28)10-12-29(3)22(19)14-25(34)23(29)15-32-27(35)20-5-4-6-24(30)26(20)31/h4-7,18-19,21-23H,8-15H2,1-3H3,(H,32,35)/t18-,19+,21-,22-,23-,28-,29-/m0/s1. The van der Waals surface area contributed by atoms with Crippen LogP contribution in [0.25, 0.3) is 0 Å². The number of benzene rings is 1. The second-order valence-corrected chi connectivity index (χ2v) is 12.6. The molecule has 36 heavy (non-hydrogen) atoms. The van der Waals surface area contributed by atoms with Gasteiger partial charge in [0.15, 0.2) is 0 Å². The van der Waals surface area contributed by atoms with Crippen LogP contribution in [0.2, 0.25) is 10.0 Å². The summed E-state index contributed by atoms with van der Waals surface area (Å²) in [6.07, 6.45) is 8.78. The van der Waals surface area contributed by atoms with Crippen LogP contribution in [-0.2, 0) is 14.3 Å². The van der Waals surface area contributed by atoms with Crippen LogP contribution in [0.5, 0.6) is 0 Å². The van der Waals surface area contributed by atoms with Gasteiger partial charge in [0.1, 0.15) is 11.9 Å².